The van der Waals surface area contributed by atoms with Gasteiger partial charge in [0, 0.05) is 6.20 Å². The van der Waals surface area contributed by atoms with E-state index < -0.39 is 0 Å². The predicted molar refractivity (Wildman–Crippen MR) is 115 cm³/mol. The van der Waals surface area contributed by atoms with Gasteiger partial charge in [-0.05, 0) is 79.5 Å². The van der Waals surface area contributed by atoms with Crippen molar-refractivity contribution in [3.63, 3.8) is 0 Å². The SMILES string of the molecule is CC(=C(/C=O)C1=Nc2ccc(C)cc2SN1)/C(=C/C=C\NN)CCC(C)C. The quantitative estimate of drug-likeness (QED) is 0.154. The van der Waals surface area contributed by atoms with Gasteiger partial charge < -0.3 is 10.1 Å². The molecule has 1 aromatic carbocycles. The smallest absolute Gasteiger partial charge is 0.154 e. The van der Waals surface area contributed by atoms with Crippen LogP contribution in [0.2, 0.25) is 0 Å². The molecule has 27 heavy (non-hydrogen) atoms. The summed E-state index contributed by atoms with van der Waals surface area (Å²) in [5, 5.41) is 0. The van der Waals surface area contributed by atoms with Crippen LogP contribution in [0.5, 0.6) is 0 Å². The molecule has 5 nitrogen and oxygen atoms in total. The first-order chi connectivity index (χ1) is 13.0. The number of aldehydes is 1. The minimum Gasteiger partial charge on any atom is -0.331 e. The second-order valence-electron chi connectivity index (χ2n) is 6.94. The number of aryl methyl sites for hydroxylation is 1. The lowest BCUT2D eigenvalue weighted by atomic mass is 9.94. The fourth-order valence-corrected chi connectivity index (χ4v) is 3.54. The van der Waals surface area contributed by atoms with Crippen LogP contribution in [-0.2, 0) is 4.79 Å². The number of allylic oxidation sites excluding steroid dienone is 4. The third-order valence-electron chi connectivity index (χ3n) is 4.34. The summed E-state index contributed by atoms with van der Waals surface area (Å²) < 4.78 is 3.22. The van der Waals surface area contributed by atoms with Crippen LogP contribution >= 0.6 is 11.9 Å². The Morgan fingerprint density at radius 1 is 1.41 bits per heavy atom. The van der Waals surface area contributed by atoms with Crippen molar-refractivity contribution in [3.05, 3.63) is 58.8 Å². The minimum atomic E-state index is 0.577. The molecule has 144 valence electrons. The molecule has 1 aliphatic rings. The van der Waals surface area contributed by atoms with E-state index in [0.29, 0.717) is 17.3 Å². The van der Waals surface area contributed by atoms with Gasteiger partial charge >= 0.3 is 0 Å². The summed E-state index contributed by atoms with van der Waals surface area (Å²) in [5.41, 5.74) is 7.17. The Kier molecular flexibility index (Phi) is 7.88. The van der Waals surface area contributed by atoms with E-state index in [1.165, 1.54) is 17.5 Å². The number of nitrogens with zero attached hydrogens (tertiary/aromatic N) is 1. The number of carbonyl (C=O) groups excluding carboxylic acids is 1. The highest BCUT2D eigenvalue weighted by Crippen LogP contribution is 2.33. The molecular weight excluding hydrogens is 356 g/mol. The molecule has 0 aromatic heterocycles. The van der Waals surface area contributed by atoms with Crippen LogP contribution in [0.25, 0.3) is 0 Å². The van der Waals surface area contributed by atoms with Crippen molar-refractivity contribution < 1.29 is 4.79 Å². The topological polar surface area (TPSA) is 79.5 Å². The molecular formula is C21H28N4OS. The van der Waals surface area contributed by atoms with Gasteiger partial charge in [0.15, 0.2) is 6.29 Å². The van der Waals surface area contributed by atoms with Gasteiger partial charge in [-0.2, -0.15) is 0 Å². The molecule has 4 N–H and O–H groups in total. The van der Waals surface area contributed by atoms with Gasteiger partial charge in [-0.1, -0.05) is 26.0 Å². The number of benzene rings is 1. The van der Waals surface area contributed by atoms with Crippen molar-refractivity contribution >= 4 is 29.8 Å². The number of hydrogen-bond donors (Lipinski definition) is 3. The standard InChI is InChI=1S/C21H28N4OS/c1-14(2)7-9-17(6-5-11-23-22)16(4)18(13-26)21-24-19-10-8-15(3)12-20(19)27-25-21/h5-6,8,10-14,23H,7,9,22H2,1-4H3,(H,24,25)/b11-5-,17-6+,18-16+. The summed E-state index contributed by atoms with van der Waals surface area (Å²) in [7, 11) is 0. The van der Waals surface area contributed by atoms with E-state index >= 15 is 0 Å². The molecule has 2 rings (SSSR count). The molecule has 1 aromatic rings. The Labute approximate surface area is 166 Å². The number of amidine groups is 1. The second kappa shape index (κ2) is 10.1. The summed E-state index contributed by atoms with van der Waals surface area (Å²) in [6.07, 6.45) is 8.31. The highest BCUT2D eigenvalue weighted by atomic mass is 32.2. The number of fused-ring (bicyclic) bond motifs is 1. The lowest BCUT2D eigenvalue weighted by Crippen LogP contribution is -2.23. The average Bonchev–Trinajstić information content (AvgIpc) is 2.64. The van der Waals surface area contributed by atoms with Crippen molar-refractivity contribution in [1.82, 2.24) is 10.1 Å². The zero-order valence-corrected chi connectivity index (χ0v) is 17.2. The Morgan fingerprint density at radius 3 is 2.85 bits per heavy atom. The van der Waals surface area contributed by atoms with Crippen LogP contribution in [0.15, 0.2) is 63.2 Å². The van der Waals surface area contributed by atoms with E-state index in [4.69, 9.17) is 5.84 Å². The maximum atomic E-state index is 11.9. The fourth-order valence-electron chi connectivity index (χ4n) is 2.71. The molecule has 0 bridgehead atoms. The van der Waals surface area contributed by atoms with Crippen molar-refractivity contribution in [2.75, 3.05) is 0 Å². The van der Waals surface area contributed by atoms with Gasteiger partial charge in [-0.25, -0.2) is 4.99 Å². The Bertz CT molecular complexity index is 806. The minimum absolute atomic E-state index is 0.577. The molecule has 1 heterocycles. The maximum Gasteiger partial charge on any atom is 0.154 e. The highest BCUT2D eigenvalue weighted by molar-refractivity contribution is 7.98. The molecule has 0 saturated carbocycles. The number of nitrogens with two attached hydrogens (primary N) is 1. The average molecular weight is 385 g/mol. The summed E-state index contributed by atoms with van der Waals surface area (Å²) in [4.78, 5) is 17.7. The van der Waals surface area contributed by atoms with Gasteiger partial charge in [0.05, 0.1) is 16.2 Å². The van der Waals surface area contributed by atoms with Crippen molar-refractivity contribution in [1.29, 1.82) is 0 Å². The number of aliphatic imine (C=N–C) groups is 1. The second-order valence-corrected chi connectivity index (χ2v) is 7.79. The van der Waals surface area contributed by atoms with E-state index in [1.807, 2.05) is 31.2 Å². The zero-order chi connectivity index (χ0) is 19.8. The van der Waals surface area contributed by atoms with E-state index in [0.717, 1.165) is 40.9 Å². The number of hydrazine groups is 1. The Balaban J connectivity index is 2.42. The first-order valence-corrected chi connectivity index (χ1v) is 9.88. The van der Waals surface area contributed by atoms with E-state index in [1.54, 1.807) is 6.20 Å². The molecule has 0 saturated heterocycles. The van der Waals surface area contributed by atoms with Gasteiger partial charge in [-0.3, -0.25) is 10.6 Å². The van der Waals surface area contributed by atoms with Crippen LogP contribution in [0, 0.1) is 12.8 Å². The van der Waals surface area contributed by atoms with E-state index in [-0.39, 0.29) is 0 Å². The first kappa shape index (κ1) is 21.0. The molecule has 6 heteroatoms. The Hall–Kier alpha value is -2.31. The first-order valence-electron chi connectivity index (χ1n) is 9.07. The highest BCUT2D eigenvalue weighted by Gasteiger charge is 2.18. The molecule has 0 amide bonds. The van der Waals surface area contributed by atoms with E-state index in [2.05, 4.69) is 42.0 Å². The van der Waals surface area contributed by atoms with Gasteiger partial charge in [0.1, 0.15) is 5.84 Å². The third kappa shape index (κ3) is 5.84. The number of nitrogens with one attached hydrogen (secondary N) is 2. The lowest BCUT2D eigenvalue weighted by molar-refractivity contribution is -0.104. The molecule has 1 aliphatic heterocycles. The maximum absolute atomic E-state index is 11.9. The van der Waals surface area contributed by atoms with E-state index in [9.17, 15) is 4.79 Å². The van der Waals surface area contributed by atoms with Crippen LogP contribution in [0.1, 0.15) is 39.2 Å². The lowest BCUT2D eigenvalue weighted by Gasteiger charge is -2.19. The van der Waals surface area contributed by atoms with Crippen molar-refractivity contribution in [2.24, 2.45) is 16.8 Å². The monoisotopic (exact) mass is 384 g/mol. The third-order valence-corrected chi connectivity index (χ3v) is 5.19. The summed E-state index contributed by atoms with van der Waals surface area (Å²) >= 11 is 1.49. The number of carbonyl (C=O) groups is 1. The molecule has 0 fully saturated rings. The summed E-state index contributed by atoms with van der Waals surface area (Å²) in [6.45, 7) is 8.41. The molecule has 0 atom stereocenters. The number of hydrogen-bond acceptors (Lipinski definition) is 6. The van der Waals surface area contributed by atoms with Crippen molar-refractivity contribution in [2.45, 2.75) is 45.4 Å². The normalized spacial score (nSPS) is 15.2. The van der Waals surface area contributed by atoms with Crippen LogP contribution in [0.3, 0.4) is 0 Å². The molecule has 0 spiro atoms. The molecule has 0 unspecified atom stereocenters. The summed E-state index contributed by atoms with van der Waals surface area (Å²) in [5.74, 6) is 6.48. The van der Waals surface area contributed by atoms with Crippen LogP contribution < -0.4 is 16.0 Å². The largest absolute Gasteiger partial charge is 0.331 e. The predicted octanol–water partition coefficient (Wildman–Crippen LogP) is 4.49. The van der Waals surface area contributed by atoms with Gasteiger partial charge in [0.2, 0.25) is 0 Å². The summed E-state index contributed by atoms with van der Waals surface area (Å²) in [6, 6.07) is 6.10. The fraction of sp³-hybridized carbons (Fsp3) is 0.333. The van der Waals surface area contributed by atoms with Crippen molar-refractivity contribution in [3.8, 4) is 0 Å². The molecule has 0 aliphatic carbocycles. The Morgan fingerprint density at radius 2 is 2.19 bits per heavy atom. The van der Waals surface area contributed by atoms with Crippen LogP contribution in [-0.4, -0.2) is 12.1 Å². The zero-order valence-electron chi connectivity index (χ0n) is 16.4. The van der Waals surface area contributed by atoms with Gasteiger partial charge in [0.25, 0.3) is 0 Å². The van der Waals surface area contributed by atoms with Gasteiger partial charge in [-0.15, -0.1) is 0 Å². The van der Waals surface area contributed by atoms with Crippen LogP contribution in [0.4, 0.5) is 5.69 Å². The molecule has 0 radical (unpaired) electrons. The number of rotatable bonds is 8.